The standard InChI is InChI=1S/C16H16F3N3OS/c17-16(18,19)10-6-5-9-20-13(10)14(23)22-15-21-11-7-3-1-2-4-8-12(11)24-15/h5-6,9H,1-4,7-8H2,(H,21,22,23). The molecule has 0 bridgehead atoms. The van der Waals surface area contributed by atoms with Crippen LogP contribution in [0, 0.1) is 0 Å². The molecule has 0 saturated carbocycles. The number of nitrogens with one attached hydrogen (secondary N) is 1. The lowest BCUT2D eigenvalue weighted by atomic mass is 10.0. The second-order valence-electron chi connectivity index (χ2n) is 5.65. The number of hydrogen-bond acceptors (Lipinski definition) is 4. The third-order valence-corrected chi connectivity index (χ3v) is 4.97. The fraction of sp³-hybridized carbons (Fsp3) is 0.438. The number of aromatic nitrogens is 2. The maximum atomic E-state index is 13.0. The van der Waals surface area contributed by atoms with Crippen molar-refractivity contribution in [1.82, 2.24) is 9.97 Å². The molecule has 128 valence electrons. The minimum Gasteiger partial charge on any atom is -0.296 e. The second kappa shape index (κ2) is 6.88. The van der Waals surface area contributed by atoms with E-state index in [0.717, 1.165) is 54.8 Å². The smallest absolute Gasteiger partial charge is 0.296 e. The summed E-state index contributed by atoms with van der Waals surface area (Å²) in [7, 11) is 0. The van der Waals surface area contributed by atoms with E-state index in [4.69, 9.17) is 0 Å². The Bertz CT molecular complexity index is 717. The van der Waals surface area contributed by atoms with Gasteiger partial charge in [-0.25, -0.2) is 4.98 Å². The van der Waals surface area contributed by atoms with Gasteiger partial charge in [-0.15, -0.1) is 11.3 Å². The van der Waals surface area contributed by atoms with Crippen LogP contribution < -0.4 is 5.32 Å². The Labute approximate surface area is 141 Å². The van der Waals surface area contributed by atoms with Gasteiger partial charge in [0.1, 0.15) is 5.69 Å². The van der Waals surface area contributed by atoms with Crippen molar-refractivity contribution in [2.24, 2.45) is 0 Å². The summed E-state index contributed by atoms with van der Waals surface area (Å²) in [5.74, 6) is -0.885. The number of rotatable bonds is 2. The predicted octanol–water partition coefficient (Wildman–Crippen LogP) is 4.47. The van der Waals surface area contributed by atoms with Gasteiger partial charge >= 0.3 is 6.18 Å². The van der Waals surface area contributed by atoms with Crippen LogP contribution in [-0.4, -0.2) is 15.9 Å². The van der Waals surface area contributed by atoms with Gasteiger partial charge in [0.2, 0.25) is 0 Å². The van der Waals surface area contributed by atoms with E-state index in [1.807, 2.05) is 0 Å². The van der Waals surface area contributed by atoms with Crippen LogP contribution in [0.2, 0.25) is 0 Å². The highest BCUT2D eigenvalue weighted by molar-refractivity contribution is 7.15. The molecule has 24 heavy (non-hydrogen) atoms. The molecule has 0 unspecified atom stereocenters. The molecule has 4 nitrogen and oxygen atoms in total. The van der Waals surface area contributed by atoms with Crippen LogP contribution in [0.5, 0.6) is 0 Å². The zero-order valence-electron chi connectivity index (χ0n) is 12.8. The van der Waals surface area contributed by atoms with E-state index in [0.29, 0.717) is 5.13 Å². The van der Waals surface area contributed by atoms with Crippen LogP contribution in [0.3, 0.4) is 0 Å². The van der Waals surface area contributed by atoms with Crippen LogP contribution in [0.4, 0.5) is 18.3 Å². The number of amides is 1. The fourth-order valence-electron chi connectivity index (χ4n) is 2.73. The highest BCUT2D eigenvalue weighted by Gasteiger charge is 2.36. The molecular weight excluding hydrogens is 339 g/mol. The molecule has 0 radical (unpaired) electrons. The van der Waals surface area contributed by atoms with Gasteiger partial charge in [-0.05, 0) is 37.8 Å². The maximum Gasteiger partial charge on any atom is 0.418 e. The Kier molecular flexibility index (Phi) is 4.84. The Balaban J connectivity index is 1.82. The SMILES string of the molecule is O=C(Nc1nc2c(s1)CCCCCC2)c1ncccc1C(F)(F)F. The van der Waals surface area contributed by atoms with E-state index in [2.05, 4.69) is 15.3 Å². The first-order valence-electron chi connectivity index (χ1n) is 7.77. The molecule has 0 atom stereocenters. The molecule has 1 amide bonds. The number of aryl methyl sites for hydroxylation is 2. The molecule has 3 rings (SSSR count). The van der Waals surface area contributed by atoms with Crippen molar-refractivity contribution in [1.29, 1.82) is 0 Å². The summed E-state index contributed by atoms with van der Waals surface area (Å²) in [4.78, 5) is 21.3. The Morgan fingerprint density at radius 3 is 2.67 bits per heavy atom. The first-order valence-corrected chi connectivity index (χ1v) is 8.59. The van der Waals surface area contributed by atoms with Crippen LogP contribution in [0.1, 0.15) is 52.3 Å². The number of halogens is 3. The molecule has 1 N–H and O–H groups in total. The van der Waals surface area contributed by atoms with Gasteiger partial charge in [-0.3, -0.25) is 15.1 Å². The first-order chi connectivity index (χ1) is 11.4. The lowest BCUT2D eigenvalue weighted by Crippen LogP contribution is -2.20. The predicted molar refractivity (Wildman–Crippen MR) is 85.2 cm³/mol. The lowest BCUT2D eigenvalue weighted by molar-refractivity contribution is -0.138. The topological polar surface area (TPSA) is 54.9 Å². The Morgan fingerprint density at radius 1 is 1.17 bits per heavy atom. The van der Waals surface area contributed by atoms with Crippen molar-refractivity contribution in [3.63, 3.8) is 0 Å². The number of alkyl halides is 3. The van der Waals surface area contributed by atoms with E-state index < -0.39 is 23.3 Å². The van der Waals surface area contributed by atoms with Gasteiger partial charge in [0.25, 0.3) is 5.91 Å². The molecule has 2 heterocycles. The number of carbonyl (C=O) groups is 1. The van der Waals surface area contributed by atoms with Crippen molar-refractivity contribution < 1.29 is 18.0 Å². The fourth-order valence-corrected chi connectivity index (χ4v) is 3.78. The normalized spacial score (nSPS) is 15.3. The summed E-state index contributed by atoms with van der Waals surface area (Å²) < 4.78 is 39.0. The largest absolute Gasteiger partial charge is 0.418 e. The summed E-state index contributed by atoms with van der Waals surface area (Å²) in [6.07, 6.45) is 2.73. The average molecular weight is 355 g/mol. The van der Waals surface area contributed by atoms with Crippen LogP contribution in [-0.2, 0) is 19.0 Å². The molecule has 0 saturated heterocycles. The molecular formula is C16H16F3N3OS. The minimum absolute atomic E-state index is 0.339. The summed E-state index contributed by atoms with van der Waals surface area (Å²) in [6, 6.07) is 2.01. The van der Waals surface area contributed by atoms with Gasteiger partial charge in [0, 0.05) is 11.1 Å². The Morgan fingerprint density at radius 2 is 1.92 bits per heavy atom. The van der Waals surface area contributed by atoms with E-state index in [1.54, 1.807) is 0 Å². The number of fused-ring (bicyclic) bond motifs is 1. The van der Waals surface area contributed by atoms with Crippen LogP contribution in [0.25, 0.3) is 0 Å². The molecule has 0 fully saturated rings. The molecule has 8 heteroatoms. The quantitative estimate of drug-likeness (QED) is 0.865. The maximum absolute atomic E-state index is 13.0. The van der Waals surface area contributed by atoms with Gasteiger partial charge in [-0.2, -0.15) is 13.2 Å². The van der Waals surface area contributed by atoms with Crippen LogP contribution in [0.15, 0.2) is 18.3 Å². The van der Waals surface area contributed by atoms with Crippen molar-refractivity contribution in [2.45, 2.75) is 44.7 Å². The van der Waals surface area contributed by atoms with E-state index in [1.165, 1.54) is 24.0 Å². The number of carbonyl (C=O) groups excluding carboxylic acids is 1. The monoisotopic (exact) mass is 355 g/mol. The molecule has 0 aliphatic heterocycles. The lowest BCUT2D eigenvalue weighted by Gasteiger charge is -2.10. The van der Waals surface area contributed by atoms with Crippen molar-refractivity contribution in [2.75, 3.05) is 5.32 Å². The third kappa shape index (κ3) is 3.75. The minimum atomic E-state index is -4.63. The molecule has 1 aliphatic rings. The number of pyridine rings is 1. The zero-order valence-corrected chi connectivity index (χ0v) is 13.6. The molecule has 2 aromatic heterocycles. The number of anilines is 1. The second-order valence-corrected chi connectivity index (χ2v) is 6.74. The third-order valence-electron chi connectivity index (χ3n) is 3.89. The van der Waals surface area contributed by atoms with E-state index >= 15 is 0 Å². The molecule has 1 aliphatic carbocycles. The molecule has 2 aromatic rings. The average Bonchev–Trinajstić information content (AvgIpc) is 2.87. The van der Waals surface area contributed by atoms with Gasteiger partial charge in [-0.1, -0.05) is 12.8 Å². The van der Waals surface area contributed by atoms with Crippen LogP contribution >= 0.6 is 11.3 Å². The van der Waals surface area contributed by atoms with E-state index in [9.17, 15) is 18.0 Å². The summed E-state index contributed by atoms with van der Waals surface area (Å²) in [6.45, 7) is 0. The van der Waals surface area contributed by atoms with Crippen molar-refractivity contribution in [3.05, 3.63) is 40.2 Å². The van der Waals surface area contributed by atoms with Crippen molar-refractivity contribution >= 4 is 22.4 Å². The van der Waals surface area contributed by atoms with E-state index in [-0.39, 0.29) is 0 Å². The number of hydrogen-bond donors (Lipinski definition) is 1. The highest BCUT2D eigenvalue weighted by Crippen LogP contribution is 2.32. The van der Waals surface area contributed by atoms with Gasteiger partial charge in [0.05, 0.1) is 11.3 Å². The molecule has 0 spiro atoms. The number of thiazole rings is 1. The van der Waals surface area contributed by atoms with Crippen molar-refractivity contribution in [3.8, 4) is 0 Å². The summed E-state index contributed by atoms with van der Waals surface area (Å²) >= 11 is 1.34. The first kappa shape index (κ1) is 16.9. The number of nitrogens with zero attached hydrogens (tertiary/aromatic N) is 2. The summed E-state index contributed by atoms with van der Waals surface area (Å²) in [5, 5.41) is 2.81. The molecule has 0 aromatic carbocycles. The Hall–Kier alpha value is -1.96. The highest BCUT2D eigenvalue weighted by atomic mass is 32.1. The van der Waals surface area contributed by atoms with Gasteiger partial charge in [0.15, 0.2) is 5.13 Å². The van der Waals surface area contributed by atoms with Gasteiger partial charge < -0.3 is 0 Å². The zero-order chi connectivity index (χ0) is 17.2. The summed E-state index contributed by atoms with van der Waals surface area (Å²) in [5.41, 5.74) is -0.725.